The van der Waals surface area contributed by atoms with Crippen LogP contribution in [0.1, 0.15) is 10.4 Å². The number of aliphatic hydroxyl groups excluding tert-OH is 1. The van der Waals surface area contributed by atoms with Crippen molar-refractivity contribution >= 4 is 22.6 Å². The topological polar surface area (TPSA) is 86.0 Å². The lowest BCUT2D eigenvalue weighted by Crippen LogP contribution is -2.44. The zero-order chi connectivity index (χ0) is 18.1. The van der Waals surface area contributed by atoms with E-state index in [1.54, 1.807) is 6.07 Å². The molecular formula is C17H20FN3O4. The highest BCUT2D eigenvalue weighted by atomic mass is 19.1. The van der Waals surface area contributed by atoms with Crippen molar-refractivity contribution in [2.24, 2.45) is 0 Å². The monoisotopic (exact) mass is 349 g/mol. The number of carboxylic acid groups (broad SMARTS) is 1. The maximum absolute atomic E-state index is 14.6. The summed E-state index contributed by atoms with van der Waals surface area (Å²) >= 11 is 0. The molecular weight excluding hydrogens is 329 g/mol. The molecule has 8 heteroatoms. The number of pyridine rings is 1. The van der Waals surface area contributed by atoms with Gasteiger partial charge in [0.15, 0.2) is 0 Å². The number of anilines is 1. The minimum absolute atomic E-state index is 0.00345. The Bertz CT molecular complexity index is 872. The van der Waals surface area contributed by atoms with Crippen LogP contribution in [-0.2, 0) is 6.54 Å². The van der Waals surface area contributed by atoms with Crippen molar-refractivity contribution in [3.05, 3.63) is 39.9 Å². The number of nitrogens with zero attached hydrogens (tertiary/aromatic N) is 3. The van der Waals surface area contributed by atoms with Gasteiger partial charge >= 0.3 is 5.97 Å². The van der Waals surface area contributed by atoms with Gasteiger partial charge in [0.2, 0.25) is 5.43 Å². The summed E-state index contributed by atoms with van der Waals surface area (Å²) in [5.74, 6) is -1.92. The quantitative estimate of drug-likeness (QED) is 0.840. The minimum atomic E-state index is -1.37. The van der Waals surface area contributed by atoms with Gasteiger partial charge in [-0.05, 0) is 19.2 Å². The SMILES string of the molecule is CN1CCN(c2cc3c(cc2F)c(=O)c(C(=O)O)cn3CCO)CC1. The third-order valence-electron chi connectivity index (χ3n) is 4.56. The number of benzene rings is 1. The van der Waals surface area contributed by atoms with Gasteiger partial charge in [-0.3, -0.25) is 4.79 Å². The van der Waals surface area contributed by atoms with E-state index in [1.165, 1.54) is 10.8 Å². The number of hydrogen-bond acceptors (Lipinski definition) is 5. The molecule has 0 saturated carbocycles. The van der Waals surface area contributed by atoms with Crippen LogP contribution in [0.15, 0.2) is 23.1 Å². The normalized spacial score (nSPS) is 15.7. The third-order valence-corrected chi connectivity index (χ3v) is 4.56. The number of halogens is 1. The first kappa shape index (κ1) is 17.4. The Kier molecular flexibility index (Phi) is 4.73. The average Bonchev–Trinajstić information content (AvgIpc) is 2.58. The Morgan fingerprint density at radius 2 is 1.92 bits per heavy atom. The number of aliphatic hydroxyl groups is 1. The number of carbonyl (C=O) groups is 1. The molecule has 0 radical (unpaired) electrons. The van der Waals surface area contributed by atoms with E-state index in [4.69, 9.17) is 0 Å². The number of aromatic nitrogens is 1. The molecule has 25 heavy (non-hydrogen) atoms. The molecule has 0 amide bonds. The summed E-state index contributed by atoms with van der Waals surface area (Å²) in [6, 6.07) is 2.67. The van der Waals surface area contributed by atoms with E-state index in [1.807, 2.05) is 11.9 Å². The second-order valence-electron chi connectivity index (χ2n) is 6.21. The summed E-state index contributed by atoms with van der Waals surface area (Å²) in [6.45, 7) is 2.83. The third kappa shape index (κ3) is 3.22. The Morgan fingerprint density at radius 3 is 2.52 bits per heavy atom. The van der Waals surface area contributed by atoms with Crippen LogP contribution in [-0.4, -0.2) is 65.5 Å². The summed E-state index contributed by atoms with van der Waals surface area (Å²) in [5, 5.41) is 18.4. The predicted molar refractivity (Wildman–Crippen MR) is 91.9 cm³/mol. The van der Waals surface area contributed by atoms with Crippen LogP contribution in [0, 0.1) is 5.82 Å². The van der Waals surface area contributed by atoms with E-state index in [0.29, 0.717) is 24.3 Å². The molecule has 1 aliphatic heterocycles. The molecule has 0 aliphatic carbocycles. The van der Waals surface area contributed by atoms with E-state index < -0.39 is 22.8 Å². The van der Waals surface area contributed by atoms with Crippen molar-refractivity contribution in [2.45, 2.75) is 6.54 Å². The zero-order valence-electron chi connectivity index (χ0n) is 13.9. The molecule has 1 fully saturated rings. The Balaban J connectivity index is 2.18. The average molecular weight is 349 g/mol. The fourth-order valence-electron chi connectivity index (χ4n) is 3.13. The standard InChI is InChI=1S/C17H20FN3O4/c1-19-2-4-20(5-3-19)15-9-14-11(8-13(15)18)16(23)12(17(24)25)10-21(14)6-7-22/h8-10,22H,2-7H2,1H3,(H,24,25). The maximum Gasteiger partial charge on any atom is 0.341 e. The molecule has 0 unspecified atom stereocenters. The van der Waals surface area contributed by atoms with E-state index >= 15 is 0 Å². The predicted octanol–water partition coefficient (Wildman–Crippen LogP) is 0.583. The van der Waals surface area contributed by atoms with Gasteiger partial charge in [-0.15, -0.1) is 0 Å². The molecule has 0 atom stereocenters. The van der Waals surface area contributed by atoms with Crippen LogP contribution in [0.25, 0.3) is 10.9 Å². The van der Waals surface area contributed by atoms with Gasteiger partial charge in [0.25, 0.3) is 0 Å². The van der Waals surface area contributed by atoms with Crippen molar-refractivity contribution < 1.29 is 19.4 Å². The largest absolute Gasteiger partial charge is 0.477 e. The second kappa shape index (κ2) is 6.81. The number of piperazine rings is 1. The molecule has 2 N–H and O–H groups in total. The number of rotatable bonds is 4. The second-order valence-corrected chi connectivity index (χ2v) is 6.21. The van der Waals surface area contributed by atoms with Crippen LogP contribution >= 0.6 is 0 Å². The number of likely N-dealkylation sites (N-methyl/N-ethyl adjacent to an activating group) is 1. The van der Waals surface area contributed by atoms with E-state index in [2.05, 4.69) is 4.90 Å². The highest BCUT2D eigenvalue weighted by Gasteiger charge is 2.21. The van der Waals surface area contributed by atoms with Gasteiger partial charge < -0.3 is 24.6 Å². The fourth-order valence-corrected chi connectivity index (χ4v) is 3.13. The summed E-state index contributed by atoms with van der Waals surface area (Å²) in [6.07, 6.45) is 1.20. The van der Waals surface area contributed by atoms with Gasteiger partial charge in [-0.2, -0.15) is 0 Å². The first-order valence-electron chi connectivity index (χ1n) is 8.06. The lowest BCUT2D eigenvalue weighted by atomic mass is 10.1. The molecule has 2 aromatic rings. The van der Waals surface area contributed by atoms with Crippen LogP contribution in [0.3, 0.4) is 0 Å². The van der Waals surface area contributed by atoms with Crippen molar-refractivity contribution in [1.82, 2.24) is 9.47 Å². The Labute approximate surface area is 143 Å². The smallest absolute Gasteiger partial charge is 0.341 e. The first-order chi connectivity index (χ1) is 11.9. The van der Waals surface area contributed by atoms with Crippen LogP contribution < -0.4 is 10.3 Å². The van der Waals surface area contributed by atoms with Crippen molar-refractivity contribution in [3.8, 4) is 0 Å². The molecule has 1 aliphatic rings. The van der Waals surface area contributed by atoms with E-state index in [0.717, 1.165) is 19.2 Å². The lowest BCUT2D eigenvalue weighted by Gasteiger charge is -2.34. The summed E-state index contributed by atoms with van der Waals surface area (Å²) in [5.41, 5.74) is -0.359. The van der Waals surface area contributed by atoms with Gasteiger partial charge in [0.05, 0.1) is 17.8 Å². The van der Waals surface area contributed by atoms with Crippen molar-refractivity contribution in [3.63, 3.8) is 0 Å². The molecule has 134 valence electrons. The molecule has 1 aromatic heterocycles. The van der Waals surface area contributed by atoms with Crippen LogP contribution in [0.2, 0.25) is 0 Å². The number of hydrogen-bond donors (Lipinski definition) is 2. The highest BCUT2D eigenvalue weighted by molar-refractivity contribution is 5.93. The molecule has 0 spiro atoms. The molecule has 1 aromatic carbocycles. The van der Waals surface area contributed by atoms with Crippen molar-refractivity contribution in [2.75, 3.05) is 44.7 Å². The van der Waals surface area contributed by atoms with Gasteiger partial charge in [0, 0.05) is 44.3 Å². The summed E-state index contributed by atoms with van der Waals surface area (Å²) < 4.78 is 16.1. The van der Waals surface area contributed by atoms with Crippen LogP contribution in [0.5, 0.6) is 0 Å². The van der Waals surface area contributed by atoms with Crippen molar-refractivity contribution in [1.29, 1.82) is 0 Å². The molecule has 2 heterocycles. The van der Waals surface area contributed by atoms with Gasteiger partial charge in [0.1, 0.15) is 11.4 Å². The molecule has 0 bridgehead atoms. The number of fused-ring (bicyclic) bond motifs is 1. The highest BCUT2D eigenvalue weighted by Crippen LogP contribution is 2.26. The Hall–Kier alpha value is -2.45. The van der Waals surface area contributed by atoms with Gasteiger partial charge in [-0.1, -0.05) is 0 Å². The van der Waals surface area contributed by atoms with Gasteiger partial charge in [-0.25, -0.2) is 9.18 Å². The van der Waals surface area contributed by atoms with E-state index in [9.17, 15) is 24.2 Å². The number of aromatic carboxylic acids is 1. The maximum atomic E-state index is 14.6. The molecule has 3 rings (SSSR count). The first-order valence-corrected chi connectivity index (χ1v) is 8.06. The summed E-state index contributed by atoms with van der Waals surface area (Å²) in [7, 11) is 2.00. The lowest BCUT2D eigenvalue weighted by molar-refractivity contribution is 0.0694. The molecule has 1 saturated heterocycles. The number of carboxylic acids is 1. The van der Waals surface area contributed by atoms with Crippen LogP contribution in [0.4, 0.5) is 10.1 Å². The molecule has 7 nitrogen and oxygen atoms in total. The fraction of sp³-hybridized carbons (Fsp3) is 0.412. The Morgan fingerprint density at radius 1 is 1.24 bits per heavy atom. The van der Waals surface area contributed by atoms with E-state index in [-0.39, 0.29) is 18.5 Å². The minimum Gasteiger partial charge on any atom is -0.477 e. The zero-order valence-corrected chi connectivity index (χ0v) is 13.9. The summed E-state index contributed by atoms with van der Waals surface area (Å²) in [4.78, 5) is 27.7.